The van der Waals surface area contributed by atoms with Crippen LogP contribution in [0.2, 0.25) is 0 Å². The molecule has 0 bridgehead atoms. The Labute approximate surface area is 141 Å². The normalized spacial score (nSPS) is 11.5. The minimum absolute atomic E-state index is 0.163. The lowest BCUT2D eigenvalue weighted by Crippen LogP contribution is -2.24. The summed E-state index contributed by atoms with van der Waals surface area (Å²) in [6.07, 6.45) is 2.53. The summed E-state index contributed by atoms with van der Waals surface area (Å²) in [6.45, 7) is 6.14. The molecule has 1 amide bonds. The SMILES string of the molecule is CCCNC(=O)/C(C)=C/c1cc(F)cc(-c2ccc(F)cc2)c1C. The molecule has 126 valence electrons. The fraction of sp³-hybridized carbons (Fsp3) is 0.250. The molecule has 2 aromatic rings. The van der Waals surface area contributed by atoms with Crippen LogP contribution in [0.15, 0.2) is 42.0 Å². The average molecular weight is 329 g/mol. The van der Waals surface area contributed by atoms with Crippen LogP contribution >= 0.6 is 0 Å². The van der Waals surface area contributed by atoms with Crippen LogP contribution in [0, 0.1) is 18.6 Å². The van der Waals surface area contributed by atoms with Crippen molar-refractivity contribution >= 4 is 12.0 Å². The van der Waals surface area contributed by atoms with Gasteiger partial charge in [0.15, 0.2) is 0 Å². The zero-order valence-corrected chi connectivity index (χ0v) is 14.1. The second-order valence-electron chi connectivity index (χ2n) is 5.76. The van der Waals surface area contributed by atoms with Crippen LogP contribution in [0.5, 0.6) is 0 Å². The fourth-order valence-electron chi connectivity index (χ4n) is 2.46. The minimum atomic E-state index is -0.395. The minimum Gasteiger partial charge on any atom is -0.352 e. The van der Waals surface area contributed by atoms with Crippen molar-refractivity contribution < 1.29 is 13.6 Å². The van der Waals surface area contributed by atoms with Gasteiger partial charge >= 0.3 is 0 Å². The molecule has 24 heavy (non-hydrogen) atoms. The van der Waals surface area contributed by atoms with E-state index in [-0.39, 0.29) is 11.7 Å². The second kappa shape index (κ2) is 7.86. The van der Waals surface area contributed by atoms with Gasteiger partial charge in [-0.05, 0) is 72.9 Å². The van der Waals surface area contributed by atoms with Gasteiger partial charge in [-0.3, -0.25) is 4.79 Å². The van der Waals surface area contributed by atoms with E-state index in [1.54, 1.807) is 25.1 Å². The first-order chi connectivity index (χ1) is 11.4. The lowest BCUT2D eigenvalue weighted by atomic mass is 9.95. The van der Waals surface area contributed by atoms with Gasteiger partial charge in [0.2, 0.25) is 5.91 Å². The van der Waals surface area contributed by atoms with Crippen LogP contribution < -0.4 is 5.32 Å². The van der Waals surface area contributed by atoms with Gasteiger partial charge in [-0.15, -0.1) is 0 Å². The molecule has 0 unspecified atom stereocenters. The van der Waals surface area contributed by atoms with E-state index in [1.165, 1.54) is 24.3 Å². The fourth-order valence-corrected chi connectivity index (χ4v) is 2.46. The maximum atomic E-state index is 14.0. The van der Waals surface area contributed by atoms with E-state index in [4.69, 9.17) is 0 Å². The first-order valence-electron chi connectivity index (χ1n) is 7.95. The highest BCUT2D eigenvalue weighted by Crippen LogP contribution is 2.28. The molecule has 1 N–H and O–H groups in total. The van der Waals surface area contributed by atoms with Crippen LogP contribution in [0.4, 0.5) is 8.78 Å². The first-order valence-corrected chi connectivity index (χ1v) is 7.95. The Hall–Kier alpha value is -2.49. The van der Waals surface area contributed by atoms with Crippen LogP contribution in [-0.2, 0) is 4.79 Å². The number of nitrogens with one attached hydrogen (secondary N) is 1. The second-order valence-corrected chi connectivity index (χ2v) is 5.76. The third-order valence-corrected chi connectivity index (χ3v) is 3.83. The zero-order chi connectivity index (χ0) is 17.7. The maximum absolute atomic E-state index is 14.0. The number of carbonyl (C=O) groups excluding carboxylic acids is 1. The van der Waals surface area contributed by atoms with E-state index < -0.39 is 5.82 Å². The molecular weight excluding hydrogens is 308 g/mol. The molecule has 0 atom stereocenters. The van der Waals surface area contributed by atoms with Crippen LogP contribution in [0.3, 0.4) is 0 Å². The van der Waals surface area contributed by atoms with Gasteiger partial charge in [0.1, 0.15) is 11.6 Å². The van der Waals surface area contributed by atoms with Crippen molar-refractivity contribution in [3.8, 4) is 11.1 Å². The van der Waals surface area contributed by atoms with E-state index in [2.05, 4.69) is 5.32 Å². The Morgan fingerprint density at radius 2 is 1.79 bits per heavy atom. The van der Waals surface area contributed by atoms with Gasteiger partial charge in [0.05, 0.1) is 0 Å². The van der Waals surface area contributed by atoms with E-state index in [0.29, 0.717) is 23.2 Å². The summed E-state index contributed by atoms with van der Waals surface area (Å²) in [6, 6.07) is 8.75. The van der Waals surface area contributed by atoms with Crippen molar-refractivity contribution in [2.24, 2.45) is 0 Å². The molecular formula is C20H21F2NO. The predicted octanol–water partition coefficient (Wildman–Crippen LogP) is 4.87. The van der Waals surface area contributed by atoms with Crippen LogP contribution in [0.1, 0.15) is 31.4 Å². The van der Waals surface area contributed by atoms with E-state index in [1.807, 2.05) is 13.8 Å². The molecule has 0 heterocycles. The number of hydrogen-bond donors (Lipinski definition) is 1. The monoisotopic (exact) mass is 329 g/mol. The van der Waals surface area contributed by atoms with Crippen molar-refractivity contribution in [1.82, 2.24) is 5.32 Å². The number of amides is 1. The molecule has 0 fully saturated rings. The number of benzene rings is 2. The molecule has 4 heteroatoms. The smallest absolute Gasteiger partial charge is 0.246 e. The summed E-state index contributed by atoms with van der Waals surface area (Å²) in [5.74, 6) is -0.895. The maximum Gasteiger partial charge on any atom is 0.246 e. The van der Waals surface area contributed by atoms with Gasteiger partial charge in [-0.2, -0.15) is 0 Å². The molecule has 2 nitrogen and oxygen atoms in total. The highest BCUT2D eigenvalue weighted by Gasteiger charge is 2.10. The summed E-state index contributed by atoms with van der Waals surface area (Å²) in [5.41, 5.74) is 3.41. The first kappa shape index (κ1) is 17.9. The Bertz CT molecular complexity index is 764. The largest absolute Gasteiger partial charge is 0.352 e. The number of hydrogen-bond acceptors (Lipinski definition) is 1. The molecule has 0 spiro atoms. The van der Waals surface area contributed by atoms with Crippen molar-refractivity contribution in [3.63, 3.8) is 0 Å². The summed E-state index contributed by atoms with van der Waals surface area (Å²) in [5, 5.41) is 2.80. The number of halogens is 2. The van der Waals surface area contributed by atoms with Gasteiger partial charge < -0.3 is 5.32 Å². The lowest BCUT2D eigenvalue weighted by molar-refractivity contribution is -0.117. The zero-order valence-electron chi connectivity index (χ0n) is 14.1. The molecule has 2 rings (SSSR count). The molecule has 0 saturated heterocycles. The molecule has 0 aliphatic rings. The summed E-state index contributed by atoms with van der Waals surface area (Å²) in [4.78, 5) is 12.0. The predicted molar refractivity (Wildman–Crippen MR) is 93.5 cm³/mol. The molecule has 0 aliphatic heterocycles. The molecule has 0 radical (unpaired) electrons. The molecule has 0 aliphatic carbocycles. The van der Waals surface area contributed by atoms with Crippen molar-refractivity contribution in [2.75, 3.05) is 6.54 Å². The highest BCUT2D eigenvalue weighted by molar-refractivity contribution is 5.97. The average Bonchev–Trinajstić information content (AvgIpc) is 2.56. The van der Waals surface area contributed by atoms with Crippen molar-refractivity contribution in [2.45, 2.75) is 27.2 Å². The number of rotatable bonds is 5. The Kier molecular flexibility index (Phi) is 5.85. The van der Waals surface area contributed by atoms with E-state index in [9.17, 15) is 13.6 Å². The van der Waals surface area contributed by atoms with Crippen LogP contribution in [0.25, 0.3) is 17.2 Å². The van der Waals surface area contributed by atoms with Gasteiger partial charge in [-0.25, -0.2) is 8.78 Å². The summed E-state index contributed by atoms with van der Waals surface area (Å²) in [7, 11) is 0. The van der Waals surface area contributed by atoms with E-state index in [0.717, 1.165) is 17.5 Å². The molecule has 0 aromatic heterocycles. The third kappa shape index (κ3) is 4.28. The number of carbonyl (C=O) groups is 1. The van der Waals surface area contributed by atoms with Crippen LogP contribution in [-0.4, -0.2) is 12.5 Å². The van der Waals surface area contributed by atoms with Gasteiger partial charge in [-0.1, -0.05) is 19.1 Å². The standard InChI is InChI=1S/C20H21F2NO/c1-4-9-23-20(24)13(2)10-16-11-18(22)12-19(14(16)3)15-5-7-17(21)8-6-15/h5-8,10-12H,4,9H2,1-3H3,(H,23,24)/b13-10+. The van der Waals surface area contributed by atoms with Gasteiger partial charge in [0, 0.05) is 12.1 Å². The van der Waals surface area contributed by atoms with Gasteiger partial charge in [0.25, 0.3) is 0 Å². The van der Waals surface area contributed by atoms with Crippen molar-refractivity contribution in [3.05, 3.63) is 64.7 Å². The highest BCUT2D eigenvalue weighted by atomic mass is 19.1. The Morgan fingerprint density at radius 1 is 1.12 bits per heavy atom. The van der Waals surface area contributed by atoms with E-state index >= 15 is 0 Å². The topological polar surface area (TPSA) is 29.1 Å². The molecule has 0 saturated carbocycles. The Morgan fingerprint density at radius 3 is 2.42 bits per heavy atom. The Balaban J connectivity index is 2.41. The quantitative estimate of drug-likeness (QED) is 0.779. The third-order valence-electron chi connectivity index (χ3n) is 3.83. The summed E-state index contributed by atoms with van der Waals surface area (Å²) < 4.78 is 27.1. The molecule has 2 aromatic carbocycles. The lowest BCUT2D eigenvalue weighted by Gasteiger charge is -2.11. The van der Waals surface area contributed by atoms with Crippen molar-refractivity contribution in [1.29, 1.82) is 0 Å². The summed E-state index contributed by atoms with van der Waals surface area (Å²) >= 11 is 0.